The Bertz CT molecular complexity index is 149. The third-order valence-electron chi connectivity index (χ3n) is 1.08. The molecule has 0 aromatic rings. The van der Waals surface area contributed by atoms with Gasteiger partial charge in [0, 0.05) is 62.5 Å². The van der Waals surface area contributed by atoms with Crippen LogP contribution in [0.4, 0.5) is 0 Å². The minimum Gasteiger partial charge on any atom is -0.502 e. The van der Waals surface area contributed by atoms with Crippen LogP contribution in [0.15, 0.2) is 12.3 Å². The first-order chi connectivity index (χ1) is 8.99. The van der Waals surface area contributed by atoms with Crippen molar-refractivity contribution in [3.8, 4) is 0 Å². The van der Waals surface area contributed by atoms with Crippen LogP contribution in [0, 0.1) is 0 Å². The first-order valence-electron chi connectivity index (χ1n) is 5.52. The van der Waals surface area contributed by atoms with Crippen LogP contribution in [0.1, 0.15) is 27.7 Å². The van der Waals surface area contributed by atoms with Crippen molar-refractivity contribution in [2.45, 2.75) is 34.0 Å². The zero-order chi connectivity index (χ0) is 16.7. The molecule has 0 saturated carbocycles. The molecule has 0 spiro atoms. The maximum atomic E-state index is 8.00. The van der Waals surface area contributed by atoms with Crippen LogP contribution in [0.3, 0.4) is 0 Å². The Balaban J connectivity index is -0.0000000251. The molecule has 0 fully saturated rings. The number of rotatable bonds is 4. The summed E-state index contributed by atoms with van der Waals surface area (Å²) in [5, 5.41) is 7.57. The van der Waals surface area contributed by atoms with Crippen LogP contribution in [0.5, 0.6) is 0 Å². The normalized spacial score (nSPS) is 7.57. The van der Waals surface area contributed by atoms with Gasteiger partial charge in [0.15, 0.2) is 6.29 Å². The van der Waals surface area contributed by atoms with Crippen molar-refractivity contribution in [2.24, 2.45) is 0 Å². The SMILES string of the molecule is C=C(C)OC.C=O.C=O.CCO.CCOC(C)OC.[W].[W]. The van der Waals surface area contributed by atoms with Crippen LogP contribution in [0.25, 0.3) is 0 Å². The molecule has 8 heteroatoms. The third kappa shape index (κ3) is 130. The van der Waals surface area contributed by atoms with Gasteiger partial charge in [-0.1, -0.05) is 6.58 Å². The summed E-state index contributed by atoms with van der Waals surface area (Å²) in [6.45, 7) is 15.7. The number of methoxy groups -OCH3 is 2. The number of carbonyl (C=O) groups excluding carboxylic acids is 2. The van der Waals surface area contributed by atoms with Gasteiger partial charge in [-0.15, -0.1) is 0 Å². The number of aliphatic hydroxyl groups excluding tert-OH is 1. The van der Waals surface area contributed by atoms with E-state index in [-0.39, 0.29) is 55.0 Å². The van der Waals surface area contributed by atoms with Gasteiger partial charge in [0.05, 0.1) is 12.9 Å². The minimum atomic E-state index is -0.0509. The van der Waals surface area contributed by atoms with Gasteiger partial charge < -0.3 is 28.9 Å². The average Bonchev–Trinajstić information content (AvgIpc) is 2.45. The van der Waals surface area contributed by atoms with E-state index in [9.17, 15) is 0 Å². The molecule has 1 atom stereocenters. The smallest absolute Gasteiger partial charge is 0.154 e. The van der Waals surface area contributed by atoms with Crippen LogP contribution in [-0.2, 0) is 65.9 Å². The van der Waals surface area contributed by atoms with E-state index >= 15 is 0 Å². The van der Waals surface area contributed by atoms with Crippen molar-refractivity contribution >= 4 is 13.6 Å². The molecule has 1 N–H and O–H groups in total. The van der Waals surface area contributed by atoms with Crippen LogP contribution in [-0.4, -0.2) is 52.4 Å². The van der Waals surface area contributed by atoms with E-state index in [0.717, 1.165) is 12.4 Å². The van der Waals surface area contributed by atoms with Crippen molar-refractivity contribution in [1.29, 1.82) is 0 Å². The fraction of sp³-hybridized carbons (Fsp3) is 0.692. The maximum absolute atomic E-state index is 8.00. The molecule has 0 aliphatic heterocycles. The molecule has 0 saturated heterocycles. The number of ether oxygens (including phenoxy) is 3. The number of carbonyl (C=O) groups is 2. The summed E-state index contributed by atoms with van der Waals surface area (Å²) in [7, 11) is 3.22. The molecule has 6 nitrogen and oxygen atoms in total. The fourth-order valence-corrected chi connectivity index (χ4v) is 0.303. The Morgan fingerprint density at radius 2 is 1.33 bits per heavy atom. The largest absolute Gasteiger partial charge is 0.502 e. The van der Waals surface area contributed by atoms with Crippen LogP contribution in [0.2, 0.25) is 0 Å². The molecule has 0 aliphatic rings. The fourth-order valence-electron chi connectivity index (χ4n) is 0.303. The van der Waals surface area contributed by atoms with Gasteiger partial charge in [0.25, 0.3) is 0 Å². The molecule has 0 amide bonds. The predicted molar refractivity (Wildman–Crippen MR) is 76.9 cm³/mol. The first-order valence-corrected chi connectivity index (χ1v) is 5.52. The summed E-state index contributed by atoms with van der Waals surface area (Å²) in [5.74, 6) is 0.755. The summed E-state index contributed by atoms with van der Waals surface area (Å²) in [5.41, 5.74) is 0. The summed E-state index contributed by atoms with van der Waals surface area (Å²) in [6, 6.07) is 0. The Hall–Kier alpha value is 0.137. The number of aliphatic hydroxyl groups is 1. The van der Waals surface area contributed by atoms with E-state index in [0.29, 0.717) is 0 Å². The Morgan fingerprint density at radius 1 is 1.10 bits per heavy atom. The topological polar surface area (TPSA) is 82.1 Å². The average molecular weight is 650 g/mol. The molecule has 0 aromatic heterocycles. The summed E-state index contributed by atoms with van der Waals surface area (Å²) in [4.78, 5) is 16.0. The monoisotopic (exact) mass is 650 g/mol. The maximum Gasteiger partial charge on any atom is 0.154 e. The van der Waals surface area contributed by atoms with E-state index in [1.165, 1.54) is 0 Å². The molecule has 21 heavy (non-hydrogen) atoms. The second-order valence-corrected chi connectivity index (χ2v) is 2.48. The van der Waals surface area contributed by atoms with E-state index in [1.807, 2.05) is 27.4 Å². The van der Waals surface area contributed by atoms with E-state index in [4.69, 9.17) is 24.2 Å². The second kappa shape index (κ2) is 59.5. The predicted octanol–water partition coefficient (Wildman–Crippen LogP) is 1.81. The van der Waals surface area contributed by atoms with Gasteiger partial charge in [-0.25, -0.2) is 0 Å². The van der Waals surface area contributed by atoms with Crippen LogP contribution >= 0.6 is 0 Å². The molecule has 130 valence electrons. The van der Waals surface area contributed by atoms with Crippen molar-refractivity contribution in [3.05, 3.63) is 12.3 Å². The van der Waals surface area contributed by atoms with Gasteiger partial charge in [0.2, 0.25) is 0 Å². The standard InChI is InChI=1S/C5H12O2.C4H8O.C2H6O.2CH2O.2W/c1-4-7-5(2)6-3;1-4(2)5-3;1-2-3;2*1-2;;/h5H,4H2,1-3H3;1H2,2-3H3;3H,2H2,1H3;2*1H2;;. The summed E-state index contributed by atoms with van der Waals surface area (Å²) < 4.78 is 14.3. The summed E-state index contributed by atoms with van der Waals surface area (Å²) >= 11 is 0. The molecule has 0 aliphatic carbocycles. The number of hydrogen-bond donors (Lipinski definition) is 1. The first kappa shape index (κ1) is 42.9. The zero-order valence-electron chi connectivity index (χ0n) is 13.9. The third-order valence-corrected chi connectivity index (χ3v) is 1.08. The second-order valence-electron chi connectivity index (χ2n) is 2.48. The number of allylic oxidation sites excluding steroid dienone is 1. The van der Waals surface area contributed by atoms with Gasteiger partial charge in [-0.3, -0.25) is 0 Å². The van der Waals surface area contributed by atoms with Crippen LogP contribution < -0.4 is 0 Å². The van der Waals surface area contributed by atoms with Gasteiger partial charge >= 0.3 is 0 Å². The van der Waals surface area contributed by atoms with Crippen molar-refractivity contribution < 1.29 is 71.0 Å². The molecular weight excluding hydrogens is 620 g/mol. The van der Waals surface area contributed by atoms with E-state index in [2.05, 4.69) is 11.3 Å². The Kier molecular flexibility index (Phi) is 121. The number of hydrogen-bond acceptors (Lipinski definition) is 6. The zero-order valence-corrected chi connectivity index (χ0v) is 19.8. The van der Waals surface area contributed by atoms with Crippen molar-refractivity contribution in [1.82, 2.24) is 0 Å². The molecule has 0 radical (unpaired) electrons. The van der Waals surface area contributed by atoms with E-state index in [1.54, 1.807) is 28.1 Å². The van der Waals surface area contributed by atoms with E-state index < -0.39 is 0 Å². The minimum absolute atomic E-state index is 0. The Labute approximate surface area is 158 Å². The van der Waals surface area contributed by atoms with Crippen molar-refractivity contribution in [2.75, 3.05) is 27.4 Å². The molecule has 0 heterocycles. The van der Waals surface area contributed by atoms with Gasteiger partial charge in [0.1, 0.15) is 13.6 Å². The Morgan fingerprint density at radius 3 is 1.38 bits per heavy atom. The quantitative estimate of drug-likeness (QED) is 0.370. The van der Waals surface area contributed by atoms with Gasteiger partial charge in [-0.2, -0.15) is 0 Å². The van der Waals surface area contributed by atoms with Gasteiger partial charge in [-0.05, 0) is 27.7 Å². The molecule has 1 unspecified atom stereocenters. The molecule has 0 rings (SSSR count). The molecule has 0 aromatic carbocycles. The summed E-state index contributed by atoms with van der Waals surface area (Å²) in [6.07, 6.45) is -0.0509. The molecule has 0 bridgehead atoms. The molecular formula is C13H30O6W2. The van der Waals surface area contributed by atoms with Crippen molar-refractivity contribution in [3.63, 3.8) is 0 Å².